The average Bonchev–Trinajstić information content (AvgIpc) is 1.50. The van der Waals surface area contributed by atoms with Crippen LogP contribution in [0, 0.1) is 34.6 Å². The van der Waals surface area contributed by atoms with Crippen LogP contribution in [-0.4, -0.2) is 29.9 Å². The Morgan fingerprint density at radius 1 is 0.177 bits per heavy atom. The van der Waals surface area contributed by atoms with Crippen LogP contribution in [0.25, 0.3) is 218 Å². The van der Waals surface area contributed by atoms with E-state index in [4.69, 9.17) is 29.9 Å². The van der Waals surface area contributed by atoms with Gasteiger partial charge in [0.1, 0.15) is 0 Å². The summed E-state index contributed by atoms with van der Waals surface area (Å²) in [6.07, 6.45) is 12.7. The fourth-order valence-electron chi connectivity index (χ4n) is 23.3. The molecule has 6 aromatic heterocycles. The second-order valence-corrected chi connectivity index (χ2v) is 36.0. The Morgan fingerprint density at radius 3 is 0.985 bits per heavy atom. The van der Waals surface area contributed by atoms with Crippen LogP contribution in [-0.2, 0) is 32.1 Å². The molecule has 6 heteroatoms. The fourth-order valence-corrected chi connectivity index (χ4v) is 23.3. The van der Waals surface area contributed by atoms with E-state index in [1.54, 1.807) is 0 Å². The van der Waals surface area contributed by atoms with E-state index in [1.807, 2.05) is 30.7 Å². The van der Waals surface area contributed by atoms with E-state index < -0.39 is 0 Å². The lowest BCUT2D eigenvalue weighted by Gasteiger charge is -2.15. The predicted octanol–water partition coefficient (Wildman–Crippen LogP) is 31.5. The van der Waals surface area contributed by atoms with Gasteiger partial charge >= 0.3 is 0 Å². The zero-order valence-corrected chi connectivity index (χ0v) is 72.8. The highest BCUT2D eigenvalue weighted by Gasteiger charge is 2.32. The Balaban J connectivity index is 0.0000000856. The van der Waals surface area contributed by atoms with E-state index in [9.17, 15) is 0 Å². The maximum absolute atomic E-state index is 5.11. The van der Waals surface area contributed by atoms with Crippen LogP contribution in [0.4, 0.5) is 0 Å². The van der Waals surface area contributed by atoms with Crippen molar-refractivity contribution in [3.63, 3.8) is 0 Å². The third-order valence-electron chi connectivity index (χ3n) is 29.2. The number of rotatable bonds is 0. The van der Waals surface area contributed by atoms with Gasteiger partial charge in [0.25, 0.3) is 0 Å². The summed E-state index contributed by atoms with van der Waals surface area (Å²) in [5.74, 6) is 0. The molecule has 0 saturated carbocycles. The van der Waals surface area contributed by atoms with Crippen LogP contribution < -0.4 is 0 Å². The standard InChI is InChI=1S/C26H18.2C25H17N.2C24H16N2/c1-16-7-6-12-22-24(16)15-17-13-14-23-20-10-3-2-8-18(20)19-9-4-5-11-21(19)26(23)25(17)22;1-15-22-14-16-8-2-3-9-17(16)23(22)24-20-12-6-4-10-18(20)19-11-5-7-13-21(19)25(24)26-15;1-15-12-13-26-25-22(15)14-16-10-11-21-19-8-3-2-6-17(19)18-7-4-5-9-20(18)24(21)23(16)25;1-14-6-4-9-18-20(14)12-15-13-26-24-22(21(15)18)17-8-3-2-7-16(17)19-10-5-11-25-23(19)24;1-14-20-13-15-7-2-3-8-16(15)21(20)22-18-10-5-4-9-17(18)19-11-6-12-25-23(19)24(22)26-14/h2-14H,15H2,1H3;2*2-13H,14H2,1H3;2-11,13H,12H2,1H3;2-12H,13H2,1H3. The van der Waals surface area contributed by atoms with Gasteiger partial charge in [0, 0.05) is 99.7 Å². The summed E-state index contributed by atoms with van der Waals surface area (Å²) in [6.45, 7) is 10.9. The highest BCUT2D eigenvalue weighted by Crippen LogP contribution is 2.54. The molecule has 0 N–H and O–H groups in total. The van der Waals surface area contributed by atoms with E-state index in [-0.39, 0.29) is 0 Å². The van der Waals surface area contributed by atoms with Crippen molar-refractivity contribution in [2.24, 2.45) is 0 Å². The lowest BCUT2D eigenvalue weighted by atomic mass is 9.89. The van der Waals surface area contributed by atoms with Crippen LogP contribution in [0.3, 0.4) is 0 Å². The van der Waals surface area contributed by atoms with Crippen LogP contribution in [0.1, 0.15) is 83.7 Å². The van der Waals surface area contributed by atoms with Gasteiger partial charge in [-0.25, -0.2) is 0 Å². The molecule has 0 atom stereocenters. The first kappa shape index (κ1) is 75.3. The number of pyridine rings is 6. The predicted molar refractivity (Wildman–Crippen MR) is 546 cm³/mol. The second kappa shape index (κ2) is 29.5. The summed E-state index contributed by atoms with van der Waals surface area (Å²) < 4.78 is 0. The van der Waals surface area contributed by atoms with Gasteiger partial charge in [0.05, 0.1) is 33.3 Å². The quantitative estimate of drug-likeness (QED) is 0.141. The monoisotopic (exact) mass is 1660 g/mol. The van der Waals surface area contributed by atoms with Gasteiger partial charge in [-0.3, -0.25) is 29.9 Å². The highest BCUT2D eigenvalue weighted by atomic mass is 14.8. The lowest BCUT2D eigenvalue weighted by Crippen LogP contribution is -1.96. The molecular weight excluding hydrogens is 1570 g/mol. The normalized spacial score (nSPS) is 12.7. The topological polar surface area (TPSA) is 77.3 Å². The molecule has 25 aromatic rings. The fraction of sp³-hybridized carbons (Fsp3) is 0.0806. The van der Waals surface area contributed by atoms with Gasteiger partial charge in [0.15, 0.2) is 0 Å². The number of fused-ring (bicyclic) bond motifs is 50. The summed E-state index contributed by atoms with van der Waals surface area (Å²) in [6, 6.07) is 121. The van der Waals surface area contributed by atoms with Crippen molar-refractivity contribution >= 4 is 162 Å². The zero-order valence-electron chi connectivity index (χ0n) is 72.8. The van der Waals surface area contributed by atoms with E-state index in [1.165, 1.54) is 263 Å². The molecule has 0 unspecified atom stereocenters. The molecule has 6 heterocycles. The van der Waals surface area contributed by atoms with Crippen molar-refractivity contribution < 1.29 is 0 Å². The maximum atomic E-state index is 5.11. The van der Waals surface area contributed by atoms with E-state index >= 15 is 0 Å². The van der Waals surface area contributed by atoms with E-state index in [0.717, 1.165) is 71.1 Å². The molecular formula is C124H84N6. The Labute approximate surface area is 751 Å². The molecule has 30 rings (SSSR count). The minimum atomic E-state index is 0.967. The Bertz CT molecular complexity index is 8470. The number of nitrogens with zero attached hydrogens (tertiary/aromatic N) is 6. The first-order valence-corrected chi connectivity index (χ1v) is 45.5. The summed E-state index contributed by atoms with van der Waals surface area (Å²) in [5.41, 5.74) is 39.1. The summed E-state index contributed by atoms with van der Waals surface area (Å²) in [7, 11) is 0. The first-order valence-electron chi connectivity index (χ1n) is 45.5. The number of benzene rings is 19. The van der Waals surface area contributed by atoms with Crippen molar-refractivity contribution in [2.45, 2.75) is 66.7 Å². The molecule has 6 nitrogen and oxygen atoms in total. The van der Waals surface area contributed by atoms with Gasteiger partial charge in [-0.05, 0) is 278 Å². The minimum Gasteiger partial charge on any atom is -0.256 e. The zero-order chi connectivity index (χ0) is 86.3. The van der Waals surface area contributed by atoms with Gasteiger partial charge in [-0.2, -0.15) is 0 Å². The third-order valence-corrected chi connectivity index (χ3v) is 29.2. The van der Waals surface area contributed by atoms with Crippen LogP contribution in [0.2, 0.25) is 0 Å². The lowest BCUT2D eigenvalue weighted by molar-refractivity contribution is 1.14. The first-order chi connectivity index (χ1) is 64.1. The Hall–Kier alpha value is -16.0. The third kappa shape index (κ3) is 11.3. The van der Waals surface area contributed by atoms with Crippen LogP contribution >= 0.6 is 0 Å². The minimum absolute atomic E-state index is 0.967. The van der Waals surface area contributed by atoms with Gasteiger partial charge in [0.2, 0.25) is 0 Å². The Kier molecular flexibility index (Phi) is 17.1. The molecule has 0 radical (unpaired) electrons. The van der Waals surface area contributed by atoms with Gasteiger partial charge in [-0.1, -0.05) is 315 Å². The van der Waals surface area contributed by atoms with Crippen molar-refractivity contribution in [3.8, 4) is 55.8 Å². The molecule has 0 saturated heterocycles. The Morgan fingerprint density at radius 2 is 0.492 bits per heavy atom. The maximum Gasteiger partial charge on any atom is 0.0980 e. The van der Waals surface area contributed by atoms with Crippen molar-refractivity contribution in [2.75, 3.05) is 0 Å². The smallest absolute Gasteiger partial charge is 0.0980 e. The molecule has 0 fully saturated rings. The van der Waals surface area contributed by atoms with E-state index in [0.29, 0.717) is 0 Å². The number of aryl methyl sites for hydroxylation is 5. The molecule has 0 aliphatic heterocycles. The second-order valence-electron chi connectivity index (χ2n) is 36.0. The van der Waals surface area contributed by atoms with Crippen LogP contribution in [0.5, 0.6) is 0 Å². The molecule has 5 aliphatic carbocycles. The van der Waals surface area contributed by atoms with E-state index in [2.05, 4.69) is 362 Å². The molecule has 0 bridgehead atoms. The molecule has 5 aliphatic rings. The van der Waals surface area contributed by atoms with Gasteiger partial charge < -0.3 is 0 Å². The van der Waals surface area contributed by atoms with Gasteiger partial charge in [-0.15, -0.1) is 0 Å². The molecule has 130 heavy (non-hydrogen) atoms. The summed E-state index contributed by atoms with van der Waals surface area (Å²) in [4.78, 5) is 29.2. The van der Waals surface area contributed by atoms with Crippen molar-refractivity contribution in [3.05, 3.63) is 442 Å². The molecule has 0 spiro atoms. The molecule has 0 amide bonds. The number of hydrogen-bond donors (Lipinski definition) is 0. The van der Waals surface area contributed by atoms with Crippen molar-refractivity contribution in [1.29, 1.82) is 0 Å². The van der Waals surface area contributed by atoms with Crippen LogP contribution in [0.15, 0.2) is 358 Å². The SMILES string of the molecule is Cc1cccc2c1Cc1ccc3c4ccccc4c4ccccc4c3c1-2.Cc1cccc2c1Cc1cnc3c4ncccc4c4ccccc4c3c1-2.Cc1ccnc2c1Cc1ccc3c4ccccc4c4ccccc4c3c1-2.Cc1nc2c3ccccc3c3ccccc3c2c2c1Cc1ccccc1-2.Cc1nc2c3ncccc3c3ccccc3c2c2c1Cc1ccccc1-2. The highest BCUT2D eigenvalue weighted by molar-refractivity contribution is 6.33. The summed E-state index contributed by atoms with van der Waals surface area (Å²) >= 11 is 0. The largest absolute Gasteiger partial charge is 0.256 e. The average molecular weight is 1660 g/mol. The van der Waals surface area contributed by atoms with Crippen molar-refractivity contribution in [1.82, 2.24) is 29.9 Å². The molecule has 610 valence electrons. The molecule has 19 aromatic carbocycles. The summed E-state index contributed by atoms with van der Waals surface area (Å²) in [5, 5.41) is 32.5. The number of hydrogen-bond acceptors (Lipinski definition) is 6. The number of aromatic nitrogens is 6.